The zero-order valence-corrected chi connectivity index (χ0v) is 13.1. The van der Waals surface area contributed by atoms with Gasteiger partial charge in [-0.25, -0.2) is 0 Å². The number of esters is 1. The molecule has 0 aromatic heterocycles. The Hall–Kier alpha value is -0.650. The first-order chi connectivity index (χ1) is 9.71. The predicted octanol–water partition coefficient (Wildman–Crippen LogP) is 1.75. The normalized spacial score (nSPS) is 25.9. The lowest BCUT2D eigenvalue weighted by Gasteiger charge is -2.33. The maximum absolute atomic E-state index is 12.2. The fraction of sp³-hybridized carbons (Fsp3) is 0.933. The van der Waals surface area contributed by atoms with Crippen LogP contribution in [-0.4, -0.2) is 51.6 Å². The summed E-state index contributed by atoms with van der Waals surface area (Å²) in [6.07, 6.45) is 3.86. The molecule has 1 rings (SSSR count). The molecule has 0 heterocycles. The van der Waals surface area contributed by atoms with Crippen molar-refractivity contribution in [3.05, 3.63) is 0 Å². The lowest BCUT2D eigenvalue weighted by atomic mass is 9.84. The van der Waals surface area contributed by atoms with Crippen molar-refractivity contribution in [2.45, 2.75) is 45.1 Å². The highest BCUT2D eigenvalue weighted by Gasteiger charge is 2.48. The summed E-state index contributed by atoms with van der Waals surface area (Å²) in [7, 11) is 1.47. The average molecular weight is 287 g/mol. The summed E-state index contributed by atoms with van der Waals surface area (Å²) in [4.78, 5) is 12.2. The van der Waals surface area contributed by atoms with Crippen LogP contribution in [0.1, 0.15) is 39.5 Å². The summed E-state index contributed by atoms with van der Waals surface area (Å²) in [6.45, 7) is 7.42. The number of carbonyl (C=O) groups excluding carboxylic acids is 1. The van der Waals surface area contributed by atoms with Gasteiger partial charge in [-0.05, 0) is 38.6 Å². The van der Waals surface area contributed by atoms with Gasteiger partial charge in [0.1, 0.15) is 5.54 Å². The first-order valence-electron chi connectivity index (χ1n) is 7.70. The Morgan fingerprint density at radius 2 is 2.00 bits per heavy atom. The Kier molecular flexibility index (Phi) is 8.11. The largest absolute Gasteiger partial charge is 0.468 e. The number of ether oxygens (including phenoxy) is 3. The molecule has 0 radical (unpaired) electrons. The summed E-state index contributed by atoms with van der Waals surface area (Å²) in [5.74, 6) is 0.165. The zero-order chi connectivity index (χ0) is 14.8. The van der Waals surface area contributed by atoms with Crippen LogP contribution in [0, 0.1) is 5.92 Å². The lowest BCUT2D eigenvalue weighted by Crippen LogP contribution is -2.55. The number of nitrogens with one attached hydrogen (secondary N) is 1. The summed E-state index contributed by atoms with van der Waals surface area (Å²) in [5.41, 5.74) is -0.507. The molecule has 1 fully saturated rings. The molecule has 20 heavy (non-hydrogen) atoms. The Labute approximate surface area is 122 Å². The van der Waals surface area contributed by atoms with Crippen LogP contribution in [0.4, 0.5) is 0 Å². The maximum Gasteiger partial charge on any atom is 0.326 e. The molecular weight excluding hydrogens is 258 g/mol. The van der Waals surface area contributed by atoms with Crippen molar-refractivity contribution in [2.75, 3.05) is 40.1 Å². The van der Waals surface area contributed by atoms with Crippen LogP contribution >= 0.6 is 0 Å². The molecule has 0 aromatic carbocycles. The van der Waals surface area contributed by atoms with Crippen LogP contribution in [0.3, 0.4) is 0 Å². The molecule has 0 aliphatic heterocycles. The Morgan fingerprint density at radius 1 is 1.25 bits per heavy atom. The van der Waals surface area contributed by atoms with Crippen LogP contribution in [-0.2, 0) is 19.0 Å². The molecule has 5 heteroatoms. The van der Waals surface area contributed by atoms with Crippen molar-refractivity contribution in [2.24, 2.45) is 5.92 Å². The van der Waals surface area contributed by atoms with Gasteiger partial charge in [-0.15, -0.1) is 0 Å². The van der Waals surface area contributed by atoms with E-state index >= 15 is 0 Å². The average Bonchev–Trinajstić information content (AvgIpc) is 2.86. The maximum atomic E-state index is 12.2. The number of hydrogen-bond acceptors (Lipinski definition) is 5. The molecule has 118 valence electrons. The van der Waals surface area contributed by atoms with Crippen LogP contribution in [0.5, 0.6) is 0 Å². The molecule has 0 aromatic rings. The van der Waals surface area contributed by atoms with Crippen molar-refractivity contribution in [3.63, 3.8) is 0 Å². The minimum atomic E-state index is -0.507. The smallest absolute Gasteiger partial charge is 0.326 e. The Balaban J connectivity index is 2.43. The summed E-state index contributed by atoms with van der Waals surface area (Å²) < 4.78 is 15.8. The second-order valence-electron chi connectivity index (χ2n) is 5.18. The van der Waals surface area contributed by atoms with Gasteiger partial charge in [0.05, 0.1) is 20.3 Å². The fourth-order valence-electron chi connectivity index (χ4n) is 3.13. The van der Waals surface area contributed by atoms with Crippen molar-refractivity contribution in [3.8, 4) is 0 Å². The SMILES string of the molecule is CCNC1(C(=O)OC)CCCC1CCOCCOCC. The third kappa shape index (κ3) is 4.43. The summed E-state index contributed by atoms with van der Waals surface area (Å²) in [6, 6.07) is 0. The number of carbonyl (C=O) groups is 1. The van der Waals surface area contributed by atoms with E-state index in [9.17, 15) is 4.79 Å². The second kappa shape index (κ2) is 9.32. The van der Waals surface area contributed by atoms with E-state index in [2.05, 4.69) is 5.32 Å². The number of rotatable bonds is 10. The zero-order valence-electron chi connectivity index (χ0n) is 13.1. The molecule has 1 aliphatic rings. The van der Waals surface area contributed by atoms with E-state index in [4.69, 9.17) is 14.2 Å². The summed E-state index contributed by atoms with van der Waals surface area (Å²) in [5, 5.41) is 3.37. The topological polar surface area (TPSA) is 56.8 Å². The third-order valence-corrected chi connectivity index (χ3v) is 4.05. The minimum Gasteiger partial charge on any atom is -0.468 e. The second-order valence-corrected chi connectivity index (χ2v) is 5.18. The van der Waals surface area contributed by atoms with Crippen molar-refractivity contribution >= 4 is 5.97 Å². The predicted molar refractivity (Wildman–Crippen MR) is 77.7 cm³/mol. The third-order valence-electron chi connectivity index (χ3n) is 4.05. The van der Waals surface area contributed by atoms with E-state index in [1.807, 2.05) is 13.8 Å². The first kappa shape index (κ1) is 17.4. The number of methoxy groups -OCH3 is 1. The lowest BCUT2D eigenvalue weighted by molar-refractivity contribution is -0.150. The molecule has 1 N–H and O–H groups in total. The molecule has 5 nitrogen and oxygen atoms in total. The van der Waals surface area contributed by atoms with E-state index in [1.54, 1.807) is 0 Å². The van der Waals surface area contributed by atoms with Crippen molar-refractivity contribution in [1.29, 1.82) is 0 Å². The Morgan fingerprint density at radius 3 is 2.65 bits per heavy atom. The first-order valence-corrected chi connectivity index (χ1v) is 7.70. The van der Waals surface area contributed by atoms with Gasteiger partial charge in [0, 0.05) is 13.2 Å². The van der Waals surface area contributed by atoms with E-state index < -0.39 is 5.54 Å². The van der Waals surface area contributed by atoms with Gasteiger partial charge in [0.25, 0.3) is 0 Å². The monoisotopic (exact) mass is 287 g/mol. The van der Waals surface area contributed by atoms with Crippen LogP contribution in [0.2, 0.25) is 0 Å². The van der Waals surface area contributed by atoms with Gasteiger partial charge in [-0.2, -0.15) is 0 Å². The van der Waals surface area contributed by atoms with E-state index in [0.29, 0.717) is 25.7 Å². The molecule has 2 unspecified atom stereocenters. The molecule has 0 spiro atoms. The minimum absolute atomic E-state index is 0.129. The molecule has 1 aliphatic carbocycles. The van der Waals surface area contributed by atoms with E-state index in [-0.39, 0.29) is 5.97 Å². The molecule has 2 atom stereocenters. The van der Waals surface area contributed by atoms with Gasteiger partial charge >= 0.3 is 5.97 Å². The standard InChI is InChI=1S/C15H29NO4/c1-4-16-15(14(17)18-3)9-6-7-13(15)8-10-20-12-11-19-5-2/h13,16H,4-12H2,1-3H3. The molecule has 1 saturated carbocycles. The van der Waals surface area contributed by atoms with Gasteiger partial charge in [-0.3, -0.25) is 4.79 Å². The van der Waals surface area contributed by atoms with Gasteiger partial charge in [0.15, 0.2) is 0 Å². The van der Waals surface area contributed by atoms with Gasteiger partial charge in [0.2, 0.25) is 0 Å². The van der Waals surface area contributed by atoms with Crippen LogP contribution < -0.4 is 5.32 Å². The van der Waals surface area contributed by atoms with Gasteiger partial charge < -0.3 is 19.5 Å². The fourth-order valence-corrected chi connectivity index (χ4v) is 3.13. The van der Waals surface area contributed by atoms with Crippen molar-refractivity contribution in [1.82, 2.24) is 5.32 Å². The quantitative estimate of drug-likeness (QED) is 0.490. The van der Waals surface area contributed by atoms with Gasteiger partial charge in [-0.1, -0.05) is 13.3 Å². The van der Waals surface area contributed by atoms with Crippen LogP contribution in [0.15, 0.2) is 0 Å². The van der Waals surface area contributed by atoms with E-state index in [0.717, 1.165) is 38.8 Å². The van der Waals surface area contributed by atoms with Crippen LogP contribution in [0.25, 0.3) is 0 Å². The highest BCUT2D eigenvalue weighted by Crippen LogP contribution is 2.38. The highest BCUT2D eigenvalue weighted by atomic mass is 16.5. The number of likely N-dealkylation sites (N-methyl/N-ethyl adjacent to an activating group) is 1. The molecule has 0 amide bonds. The Bertz CT molecular complexity index is 285. The van der Waals surface area contributed by atoms with E-state index in [1.165, 1.54) is 7.11 Å². The summed E-state index contributed by atoms with van der Waals surface area (Å²) >= 11 is 0. The van der Waals surface area contributed by atoms with Crippen molar-refractivity contribution < 1.29 is 19.0 Å². The molecule has 0 saturated heterocycles. The molecule has 0 bridgehead atoms. The molecular formula is C15H29NO4. The highest BCUT2D eigenvalue weighted by molar-refractivity contribution is 5.81. The number of hydrogen-bond donors (Lipinski definition) is 1.